The Balaban J connectivity index is 2.52. The van der Waals surface area contributed by atoms with Crippen LogP contribution in [0.5, 0.6) is 0 Å². The van der Waals surface area contributed by atoms with Crippen LogP contribution in [0, 0.1) is 0 Å². The first kappa shape index (κ1) is 16.8. The van der Waals surface area contributed by atoms with Crippen LogP contribution in [-0.4, -0.2) is 24.5 Å². The lowest BCUT2D eigenvalue weighted by Crippen LogP contribution is -2.46. The van der Waals surface area contributed by atoms with E-state index < -0.39 is 12.1 Å². The van der Waals surface area contributed by atoms with E-state index in [0.29, 0.717) is 17.3 Å². The fourth-order valence-corrected chi connectivity index (χ4v) is 2.13. The van der Waals surface area contributed by atoms with Gasteiger partial charge in [0.2, 0.25) is 5.91 Å². The molecule has 20 heavy (non-hydrogen) atoms. The second-order valence-corrected chi connectivity index (χ2v) is 5.56. The Hall–Kier alpha value is -1.27. The maximum Gasteiger partial charge on any atom is 0.319 e. The molecule has 0 radical (unpaired) electrons. The summed E-state index contributed by atoms with van der Waals surface area (Å²) in [4.78, 5) is 23.4. The molecule has 1 unspecified atom stereocenters. The first-order valence-electron chi connectivity index (χ1n) is 6.24. The monoisotopic (exact) mass is 361 g/mol. The fourth-order valence-electron chi connectivity index (χ4n) is 1.41. The van der Waals surface area contributed by atoms with E-state index in [-0.39, 0.29) is 5.91 Å². The highest BCUT2D eigenvalue weighted by atomic mass is 79.9. The van der Waals surface area contributed by atoms with Crippen LogP contribution < -0.4 is 16.0 Å². The highest BCUT2D eigenvalue weighted by Crippen LogP contribution is 2.25. The summed E-state index contributed by atoms with van der Waals surface area (Å²) in [6.45, 7) is 4.17. The smallest absolute Gasteiger partial charge is 0.319 e. The van der Waals surface area contributed by atoms with Gasteiger partial charge < -0.3 is 16.0 Å². The molecule has 3 amide bonds. The summed E-state index contributed by atoms with van der Waals surface area (Å²) in [5, 5.41) is 8.26. The molecule has 0 saturated carbocycles. The number of halogens is 2. The van der Waals surface area contributed by atoms with Crippen LogP contribution in [0.4, 0.5) is 10.5 Å². The second kappa shape index (κ2) is 8.11. The van der Waals surface area contributed by atoms with Crippen LogP contribution >= 0.6 is 27.5 Å². The number of rotatable bonds is 5. The zero-order chi connectivity index (χ0) is 15.1. The SMILES string of the molecule is CCCNC(=O)C(C)NC(=O)Nc1ccc(Br)cc1Cl. The lowest BCUT2D eigenvalue weighted by molar-refractivity contribution is -0.122. The predicted molar refractivity (Wildman–Crippen MR) is 84.1 cm³/mol. The zero-order valence-corrected chi connectivity index (χ0v) is 13.6. The molecular formula is C13H17BrClN3O2. The first-order chi connectivity index (χ1) is 9.43. The third-order valence-corrected chi connectivity index (χ3v) is 3.28. The molecule has 1 rings (SSSR count). The van der Waals surface area contributed by atoms with E-state index in [0.717, 1.165) is 10.9 Å². The summed E-state index contributed by atoms with van der Waals surface area (Å²) in [5.41, 5.74) is 0.480. The summed E-state index contributed by atoms with van der Waals surface area (Å²) in [5.74, 6) is -0.219. The van der Waals surface area contributed by atoms with Crippen LogP contribution in [0.3, 0.4) is 0 Å². The Kier molecular flexibility index (Phi) is 6.81. The van der Waals surface area contributed by atoms with Crippen molar-refractivity contribution < 1.29 is 9.59 Å². The van der Waals surface area contributed by atoms with Crippen molar-refractivity contribution in [3.05, 3.63) is 27.7 Å². The topological polar surface area (TPSA) is 70.2 Å². The van der Waals surface area contributed by atoms with Crippen LogP contribution in [0.2, 0.25) is 5.02 Å². The largest absolute Gasteiger partial charge is 0.354 e. The van der Waals surface area contributed by atoms with E-state index in [1.807, 2.05) is 6.92 Å². The summed E-state index contributed by atoms with van der Waals surface area (Å²) < 4.78 is 0.820. The molecule has 0 bridgehead atoms. The minimum atomic E-state index is -0.615. The maximum atomic E-state index is 11.8. The van der Waals surface area contributed by atoms with Gasteiger partial charge in [0.15, 0.2) is 0 Å². The number of hydrogen-bond donors (Lipinski definition) is 3. The number of anilines is 1. The number of nitrogens with one attached hydrogen (secondary N) is 3. The number of carbonyl (C=O) groups excluding carboxylic acids is 2. The molecule has 7 heteroatoms. The van der Waals surface area contributed by atoms with E-state index in [9.17, 15) is 9.59 Å². The zero-order valence-electron chi connectivity index (χ0n) is 11.3. The molecule has 0 saturated heterocycles. The van der Waals surface area contributed by atoms with Crippen molar-refractivity contribution in [3.8, 4) is 0 Å². The Labute approximate surface area is 131 Å². The minimum Gasteiger partial charge on any atom is -0.354 e. The Morgan fingerprint density at radius 3 is 2.70 bits per heavy atom. The molecule has 1 atom stereocenters. The molecular weight excluding hydrogens is 346 g/mol. The molecule has 3 N–H and O–H groups in total. The van der Waals surface area contributed by atoms with Gasteiger partial charge in [-0.25, -0.2) is 4.79 Å². The lowest BCUT2D eigenvalue weighted by atomic mass is 10.3. The van der Waals surface area contributed by atoms with Crippen molar-refractivity contribution in [2.75, 3.05) is 11.9 Å². The van der Waals surface area contributed by atoms with Crippen LogP contribution in [0.1, 0.15) is 20.3 Å². The van der Waals surface area contributed by atoms with Gasteiger partial charge in [0.25, 0.3) is 0 Å². The Bertz CT molecular complexity index is 497. The van der Waals surface area contributed by atoms with E-state index in [4.69, 9.17) is 11.6 Å². The lowest BCUT2D eigenvalue weighted by Gasteiger charge is -2.15. The molecule has 0 fully saturated rings. The fraction of sp³-hybridized carbons (Fsp3) is 0.385. The summed E-state index contributed by atoms with van der Waals surface area (Å²) in [6, 6.07) is 4.02. The molecule has 5 nitrogen and oxygen atoms in total. The normalized spacial score (nSPS) is 11.6. The maximum absolute atomic E-state index is 11.8. The molecule has 110 valence electrons. The molecule has 0 aliphatic heterocycles. The van der Waals surface area contributed by atoms with E-state index in [1.54, 1.807) is 25.1 Å². The predicted octanol–water partition coefficient (Wildman–Crippen LogP) is 3.14. The third-order valence-electron chi connectivity index (χ3n) is 2.47. The average Bonchev–Trinajstić information content (AvgIpc) is 2.39. The Morgan fingerprint density at radius 2 is 2.10 bits per heavy atom. The van der Waals surface area contributed by atoms with Gasteiger partial charge in [-0.15, -0.1) is 0 Å². The van der Waals surface area contributed by atoms with Crippen LogP contribution in [0.25, 0.3) is 0 Å². The number of urea groups is 1. The highest BCUT2D eigenvalue weighted by Gasteiger charge is 2.15. The van der Waals surface area contributed by atoms with Crippen LogP contribution in [0.15, 0.2) is 22.7 Å². The van der Waals surface area contributed by atoms with Crippen molar-refractivity contribution in [3.63, 3.8) is 0 Å². The van der Waals surface area contributed by atoms with Gasteiger partial charge in [0.05, 0.1) is 10.7 Å². The van der Waals surface area contributed by atoms with Crippen LogP contribution in [-0.2, 0) is 4.79 Å². The van der Waals surface area contributed by atoms with Gasteiger partial charge in [-0.2, -0.15) is 0 Å². The number of benzene rings is 1. The van der Waals surface area contributed by atoms with Crippen molar-refractivity contribution in [2.45, 2.75) is 26.3 Å². The molecule has 1 aromatic rings. The Morgan fingerprint density at radius 1 is 1.40 bits per heavy atom. The summed E-state index contributed by atoms with van der Waals surface area (Å²) in [7, 11) is 0. The standard InChI is InChI=1S/C13H17BrClN3O2/c1-3-6-16-12(19)8(2)17-13(20)18-11-5-4-9(14)7-10(11)15/h4-5,7-8H,3,6H2,1-2H3,(H,16,19)(H2,17,18,20). The highest BCUT2D eigenvalue weighted by molar-refractivity contribution is 9.10. The molecule has 1 aromatic carbocycles. The molecule has 0 aliphatic carbocycles. The molecule has 0 aromatic heterocycles. The number of hydrogen-bond acceptors (Lipinski definition) is 2. The average molecular weight is 363 g/mol. The minimum absolute atomic E-state index is 0.219. The van der Waals surface area contributed by atoms with Gasteiger partial charge in [-0.05, 0) is 31.5 Å². The number of carbonyl (C=O) groups is 2. The van der Waals surface area contributed by atoms with E-state index in [2.05, 4.69) is 31.9 Å². The van der Waals surface area contributed by atoms with Gasteiger partial charge in [-0.3, -0.25) is 4.79 Å². The summed E-state index contributed by atoms with van der Waals surface area (Å²) in [6.07, 6.45) is 0.846. The molecule has 0 spiro atoms. The third kappa shape index (κ3) is 5.38. The van der Waals surface area contributed by atoms with E-state index >= 15 is 0 Å². The first-order valence-corrected chi connectivity index (χ1v) is 7.41. The van der Waals surface area contributed by atoms with Crippen molar-refractivity contribution in [1.82, 2.24) is 10.6 Å². The molecule has 0 aliphatic rings. The second-order valence-electron chi connectivity index (χ2n) is 4.24. The van der Waals surface area contributed by atoms with Gasteiger partial charge in [0, 0.05) is 11.0 Å². The van der Waals surface area contributed by atoms with E-state index in [1.165, 1.54) is 0 Å². The number of amides is 3. The summed E-state index contributed by atoms with van der Waals surface area (Å²) >= 11 is 9.27. The van der Waals surface area contributed by atoms with Crippen molar-refractivity contribution >= 4 is 45.2 Å². The quantitative estimate of drug-likeness (QED) is 0.753. The van der Waals surface area contributed by atoms with Gasteiger partial charge >= 0.3 is 6.03 Å². The molecule has 0 heterocycles. The van der Waals surface area contributed by atoms with Gasteiger partial charge in [-0.1, -0.05) is 34.5 Å². The van der Waals surface area contributed by atoms with Crippen molar-refractivity contribution in [1.29, 1.82) is 0 Å². The van der Waals surface area contributed by atoms with Gasteiger partial charge in [0.1, 0.15) is 6.04 Å². The van der Waals surface area contributed by atoms with Crippen molar-refractivity contribution in [2.24, 2.45) is 0 Å².